The van der Waals surface area contributed by atoms with Crippen LogP contribution in [0.4, 0.5) is 0 Å². The fraction of sp³-hybridized carbons (Fsp3) is 0.893. The Hall–Kier alpha value is -0.590. The molecular weight excluding hydrogens is 352 g/mol. The van der Waals surface area contributed by atoms with Crippen molar-refractivity contribution in [3.05, 3.63) is 11.6 Å². The molecular formula is C28H46O. The molecule has 3 fully saturated rings. The molecule has 4 rings (SSSR count). The van der Waals surface area contributed by atoms with Gasteiger partial charge in [0, 0.05) is 5.92 Å². The average molecular weight is 399 g/mol. The minimum absolute atomic E-state index is 0.313. The summed E-state index contributed by atoms with van der Waals surface area (Å²) in [6.45, 7) is 14.7. The van der Waals surface area contributed by atoms with Gasteiger partial charge in [0.25, 0.3) is 0 Å². The Bertz CT molecular complexity index is 659. The van der Waals surface area contributed by atoms with Crippen LogP contribution in [0.1, 0.15) is 106 Å². The maximum absolute atomic E-state index is 13.5. The number of allylic oxidation sites excluding steroid dienone is 2. The van der Waals surface area contributed by atoms with E-state index in [2.05, 4.69) is 47.6 Å². The number of hydrogen-bond acceptors (Lipinski definition) is 1. The fourth-order valence-electron chi connectivity index (χ4n) is 8.61. The van der Waals surface area contributed by atoms with E-state index in [0.29, 0.717) is 34.4 Å². The molecule has 8 atom stereocenters. The SMILES string of the molecule is CC(C)CCC[C@@H](C)[C@H]1CC[C@H]2[C@@H]3C(=O)C=C4C[C@@H](C)CC[C@]4(C)[C@H]3CC[C@]12C. The van der Waals surface area contributed by atoms with Crippen LogP contribution < -0.4 is 0 Å². The highest BCUT2D eigenvalue weighted by atomic mass is 16.1. The average Bonchev–Trinajstić information content (AvgIpc) is 3.00. The van der Waals surface area contributed by atoms with E-state index in [9.17, 15) is 4.79 Å². The van der Waals surface area contributed by atoms with Gasteiger partial charge in [0.2, 0.25) is 0 Å². The Balaban J connectivity index is 1.54. The molecule has 0 N–H and O–H groups in total. The Morgan fingerprint density at radius 2 is 1.76 bits per heavy atom. The third-order valence-corrected chi connectivity index (χ3v) is 10.4. The summed E-state index contributed by atoms with van der Waals surface area (Å²) < 4.78 is 0. The van der Waals surface area contributed by atoms with Crippen molar-refractivity contribution >= 4 is 5.78 Å². The first-order valence-corrected chi connectivity index (χ1v) is 12.9. The molecule has 4 aliphatic carbocycles. The number of fused-ring (bicyclic) bond motifs is 5. The van der Waals surface area contributed by atoms with E-state index >= 15 is 0 Å². The quantitative estimate of drug-likeness (QED) is 0.461. The smallest absolute Gasteiger partial charge is 0.159 e. The van der Waals surface area contributed by atoms with Gasteiger partial charge in [0.1, 0.15) is 0 Å². The molecule has 0 aromatic heterocycles. The number of hydrogen-bond donors (Lipinski definition) is 0. The molecule has 0 saturated heterocycles. The molecule has 0 aromatic rings. The summed E-state index contributed by atoms with van der Waals surface area (Å²) in [6.07, 6.45) is 15.4. The second kappa shape index (κ2) is 7.83. The van der Waals surface area contributed by atoms with E-state index in [-0.39, 0.29) is 0 Å². The van der Waals surface area contributed by atoms with Crippen molar-refractivity contribution in [2.75, 3.05) is 0 Å². The highest BCUT2D eigenvalue weighted by Gasteiger charge is 2.61. The first-order valence-electron chi connectivity index (χ1n) is 12.9. The number of carbonyl (C=O) groups is 1. The minimum atomic E-state index is 0.313. The molecule has 0 heterocycles. The molecule has 0 bridgehead atoms. The number of rotatable bonds is 5. The van der Waals surface area contributed by atoms with E-state index in [1.165, 1.54) is 69.8 Å². The Morgan fingerprint density at radius 3 is 2.48 bits per heavy atom. The van der Waals surface area contributed by atoms with Crippen LogP contribution in [-0.2, 0) is 4.79 Å². The van der Waals surface area contributed by atoms with Crippen molar-refractivity contribution < 1.29 is 4.79 Å². The summed E-state index contributed by atoms with van der Waals surface area (Å²) in [4.78, 5) is 13.5. The van der Waals surface area contributed by atoms with Crippen molar-refractivity contribution in [2.24, 2.45) is 52.3 Å². The van der Waals surface area contributed by atoms with Crippen LogP contribution in [0, 0.1) is 52.3 Å². The second-order valence-corrected chi connectivity index (χ2v) is 12.6. The van der Waals surface area contributed by atoms with E-state index < -0.39 is 0 Å². The lowest BCUT2D eigenvalue weighted by molar-refractivity contribution is -0.134. The van der Waals surface area contributed by atoms with Crippen LogP contribution in [0.25, 0.3) is 0 Å². The van der Waals surface area contributed by atoms with Crippen LogP contribution in [0.5, 0.6) is 0 Å². The molecule has 0 aromatic carbocycles. The molecule has 0 aliphatic heterocycles. The van der Waals surface area contributed by atoms with Gasteiger partial charge in [0.05, 0.1) is 0 Å². The largest absolute Gasteiger partial charge is 0.295 e. The summed E-state index contributed by atoms with van der Waals surface area (Å²) in [5.41, 5.74) is 2.23. The summed E-state index contributed by atoms with van der Waals surface area (Å²) in [7, 11) is 0. The maximum atomic E-state index is 13.5. The van der Waals surface area contributed by atoms with Gasteiger partial charge in [-0.05, 0) is 97.4 Å². The van der Waals surface area contributed by atoms with Gasteiger partial charge < -0.3 is 0 Å². The first-order chi connectivity index (χ1) is 13.7. The van der Waals surface area contributed by atoms with Gasteiger partial charge in [0.15, 0.2) is 5.78 Å². The highest BCUT2D eigenvalue weighted by molar-refractivity contribution is 5.94. The topological polar surface area (TPSA) is 17.1 Å². The van der Waals surface area contributed by atoms with Gasteiger partial charge >= 0.3 is 0 Å². The molecule has 4 aliphatic rings. The number of ketones is 1. The second-order valence-electron chi connectivity index (χ2n) is 12.6. The lowest BCUT2D eigenvalue weighted by Gasteiger charge is -2.57. The maximum Gasteiger partial charge on any atom is 0.159 e. The molecule has 3 saturated carbocycles. The van der Waals surface area contributed by atoms with Crippen molar-refractivity contribution in [3.8, 4) is 0 Å². The lowest BCUT2D eigenvalue weighted by atomic mass is 9.46. The highest BCUT2D eigenvalue weighted by Crippen LogP contribution is 2.66. The molecule has 1 heteroatoms. The van der Waals surface area contributed by atoms with Gasteiger partial charge in [-0.2, -0.15) is 0 Å². The van der Waals surface area contributed by atoms with Crippen molar-refractivity contribution in [1.29, 1.82) is 0 Å². The van der Waals surface area contributed by atoms with Crippen LogP contribution in [-0.4, -0.2) is 5.78 Å². The Labute approximate surface area is 180 Å². The summed E-state index contributed by atoms with van der Waals surface area (Å²) in [5.74, 6) is 5.33. The zero-order valence-corrected chi connectivity index (χ0v) is 20.1. The van der Waals surface area contributed by atoms with E-state index in [4.69, 9.17) is 0 Å². The molecule has 0 unspecified atom stereocenters. The van der Waals surface area contributed by atoms with Crippen LogP contribution in [0.15, 0.2) is 11.6 Å². The molecule has 1 nitrogen and oxygen atoms in total. The summed E-state index contributed by atoms with van der Waals surface area (Å²) >= 11 is 0. The molecule has 29 heavy (non-hydrogen) atoms. The van der Waals surface area contributed by atoms with Gasteiger partial charge in [-0.1, -0.05) is 66.4 Å². The van der Waals surface area contributed by atoms with Crippen LogP contribution in [0.3, 0.4) is 0 Å². The zero-order chi connectivity index (χ0) is 21.0. The molecule has 164 valence electrons. The van der Waals surface area contributed by atoms with Crippen molar-refractivity contribution in [1.82, 2.24) is 0 Å². The number of carbonyl (C=O) groups excluding carboxylic acids is 1. The minimum Gasteiger partial charge on any atom is -0.295 e. The first kappa shape index (κ1) is 21.6. The lowest BCUT2D eigenvalue weighted by Crippen LogP contribution is -2.53. The fourth-order valence-corrected chi connectivity index (χ4v) is 8.61. The normalized spacial score (nSPS) is 45.4. The van der Waals surface area contributed by atoms with E-state index in [1.54, 1.807) is 0 Å². The third kappa shape index (κ3) is 3.57. The third-order valence-electron chi connectivity index (χ3n) is 10.4. The van der Waals surface area contributed by atoms with Crippen molar-refractivity contribution in [2.45, 2.75) is 106 Å². The molecule has 0 radical (unpaired) electrons. The molecule has 0 spiro atoms. The van der Waals surface area contributed by atoms with E-state index in [1.807, 2.05) is 0 Å². The van der Waals surface area contributed by atoms with E-state index in [0.717, 1.165) is 23.7 Å². The summed E-state index contributed by atoms with van der Waals surface area (Å²) in [5, 5.41) is 0. The van der Waals surface area contributed by atoms with Crippen LogP contribution in [0.2, 0.25) is 0 Å². The molecule has 0 amide bonds. The predicted octanol–water partition coefficient (Wildman–Crippen LogP) is 7.84. The van der Waals surface area contributed by atoms with Gasteiger partial charge in [-0.3, -0.25) is 4.79 Å². The van der Waals surface area contributed by atoms with Crippen LogP contribution >= 0.6 is 0 Å². The van der Waals surface area contributed by atoms with Crippen molar-refractivity contribution in [3.63, 3.8) is 0 Å². The predicted molar refractivity (Wildman–Crippen MR) is 123 cm³/mol. The monoisotopic (exact) mass is 398 g/mol. The van der Waals surface area contributed by atoms with Gasteiger partial charge in [-0.15, -0.1) is 0 Å². The summed E-state index contributed by atoms with van der Waals surface area (Å²) in [6, 6.07) is 0. The standard InChI is InChI=1S/C28H46O/c1-18(2)8-7-9-20(4)22-10-11-23-26-24(13-15-28(22,23)6)27(5)14-12-19(3)16-21(27)17-25(26)29/h17-20,22-24,26H,7-16H2,1-6H3/t19-,20+,22+,23-,24-,26-,27-,28+/m0/s1. The zero-order valence-electron chi connectivity index (χ0n) is 20.1. The van der Waals surface area contributed by atoms with Gasteiger partial charge in [-0.25, -0.2) is 0 Å². The Morgan fingerprint density at radius 1 is 1.00 bits per heavy atom. The Kier molecular flexibility index (Phi) is 5.84.